The molecule has 0 aromatic heterocycles. The molecule has 0 saturated carbocycles. The Kier molecular flexibility index (Phi) is 15.0. The van der Waals surface area contributed by atoms with Crippen LogP contribution in [0.2, 0.25) is 0 Å². The average Bonchev–Trinajstić information content (AvgIpc) is 1.97. The van der Waals surface area contributed by atoms with E-state index in [9.17, 15) is 0 Å². The Morgan fingerprint density at radius 2 is 1.92 bits per heavy atom. The summed E-state index contributed by atoms with van der Waals surface area (Å²) in [5.74, 6) is -0.833. The summed E-state index contributed by atoms with van der Waals surface area (Å²) in [4.78, 5) is 9.00. The molecule has 0 spiro atoms. The van der Waals surface area contributed by atoms with E-state index in [2.05, 4.69) is 0 Å². The maximum atomic E-state index is 9.00. The zero-order chi connectivity index (χ0) is 9.82. The maximum absolute atomic E-state index is 9.00. The van der Waals surface area contributed by atoms with E-state index in [1.165, 1.54) is 0 Å². The number of hydrogen-bond donors (Lipinski definition) is 2. The van der Waals surface area contributed by atoms with Crippen LogP contribution in [-0.4, -0.2) is 42.8 Å². The van der Waals surface area contributed by atoms with Crippen molar-refractivity contribution in [2.24, 2.45) is 0 Å². The zero-order valence-electron chi connectivity index (χ0n) is 7.45. The second-order valence-corrected chi connectivity index (χ2v) is 1.76. The quantitative estimate of drug-likeness (QED) is 0.463. The van der Waals surface area contributed by atoms with Crippen LogP contribution in [0.5, 0.6) is 0 Å². The highest BCUT2D eigenvalue weighted by molar-refractivity contribution is 5.62. The summed E-state index contributed by atoms with van der Waals surface area (Å²) >= 11 is 0. The molecule has 0 saturated heterocycles. The highest BCUT2D eigenvalue weighted by Crippen LogP contribution is 1.74. The number of aliphatic hydroxyl groups excluding tert-OH is 1. The molecule has 0 aliphatic rings. The van der Waals surface area contributed by atoms with Gasteiger partial charge in [-0.1, -0.05) is 0 Å². The van der Waals surface area contributed by atoms with E-state index in [0.717, 1.165) is 6.92 Å². The first-order chi connectivity index (χ1) is 5.65. The fraction of sp³-hybridized carbons (Fsp3) is 0.857. The van der Waals surface area contributed by atoms with Gasteiger partial charge in [-0.25, -0.2) is 0 Å². The number of hydrogen-bond acceptors (Lipinski definition) is 4. The SMILES string of the molecule is CC(=O)O.CCOCOCCO. The molecule has 0 aliphatic heterocycles. The fourth-order valence-corrected chi connectivity index (χ4v) is 0.266. The molecule has 74 valence electrons. The smallest absolute Gasteiger partial charge is 0.300 e. The lowest BCUT2D eigenvalue weighted by atomic mass is 10.8. The molecule has 0 aromatic rings. The van der Waals surface area contributed by atoms with E-state index >= 15 is 0 Å². The molecule has 0 atom stereocenters. The summed E-state index contributed by atoms with van der Waals surface area (Å²) in [6.45, 7) is 4.35. The highest BCUT2D eigenvalue weighted by Gasteiger charge is 1.81. The van der Waals surface area contributed by atoms with Gasteiger partial charge >= 0.3 is 0 Å². The van der Waals surface area contributed by atoms with Crippen molar-refractivity contribution in [3.8, 4) is 0 Å². The summed E-state index contributed by atoms with van der Waals surface area (Å²) in [7, 11) is 0. The molecule has 0 fully saturated rings. The lowest BCUT2D eigenvalue weighted by Crippen LogP contribution is -2.03. The Balaban J connectivity index is 0. The van der Waals surface area contributed by atoms with Crippen LogP contribution >= 0.6 is 0 Å². The van der Waals surface area contributed by atoms with Crippen LogP contribution in [0.3, 0.4) is 0 Å². The Labute approximate surface area is 71.9 Å². The second kappa shape index (κ2) is 13.0. The first kappa shape index (κ1) is 13.9. The van der Waals surface area contributed by atoms with Crippen molar-refractivity contribution >= 4 is 5.97 Å². The molecule has 5 nitrogen and oxygen atoms in total. The van der Waals surface area contributed by atoms with Crippen LogP contribution in [0.4, 0.5) is 0 Å². The molecule has 0 heterocycles. The van der Waals surface area contributed by atoms with Crippen molar-refractivity contribution in [2.75, 3.05) is 26.6 Å². The summed E-state index contributed by atoms with van der Waals surface area (Å²) in [5.41, 5.74) is 0. The molecule has 0 rings (SSSR count). The lowest BCUT2D eigenvalue weighted by Gasteiger charge is -1.99. The minimum atomic E-state index is -0.833. The van der Waals surface area contributed by atoms with Crippen molar-refractivity contribution in [1.29, 1.82) is 0 Å². The minimum absolute atomic E-state index is 0.0626. The second-order valence-electron chi connectivity index (χ2n) is 1.76. The van der Waals surface area contributed by atoms with Crippen molar-refractivity contribution < 1.29 is 24.5 Å². The maximum Gasteiger partial charge on any atom is 0.300 e. The average molecular weight is 180 g/mol. The van der Waals surface area contributed by atoms with Gasteiger partial charge in [0.05, 0.1) is 13.2 Å². The Morgan fingerprint density at radius 3 is 2.25 bits per heavy atom. The van der Waals surface area contributed by atoms with Crippen molar-refractivity contribution in [3.05, 3.63) is 0 Å². The first-order valence-electron chi connectivity index (χ1n) is 3.61. The summed E-state index contributed by atoms with van der Waals surface area (Å²) < 4.78 is 9.55. The molecule has 0 unspecified atom stereocenters. The van der Waals surface area contributed by atoms with E-state index in [0.29, 0.717) is 13.2 Å². The third-order valence-electron chi connectivity index (χ3n) is 0.606. The van der Waals surface area contributed by atoms with Gasteiger partial charge in [0.1, 0.15) is 6.79 Å². The molecule has 0 amide bonds. The summed E-state index contributed by atoms with van der Waals surface area (Å²) in [6, 6.07) is 0. The third kappa shape index (κ3) is 34.5. The first-order valence-corrected chi connectivity index (χ1v) is 3.61. The third-order valence-corrected chi connectivity index (χ3v) is 0.606. The van der Waals surface area contributed by atoms with Crippen molar-refractivity contribution in [2.45, 2.75) is 13.8 Å². The number of carbonyl (C=O) groups is 1. The predicted octanol–water partition coefficient (Wildman–Crippen LogP) is 0.0802. The van der Waals surface area contributed by atoms with Crippen molar-refractivity contribution in [3.63, 3.8) is 0 Å². The van der Waals surface area contributed by atoms with Gasteiger partial charge in [-0.05, 0) is 6.92 Å². The highest BCUT2D eigenvalue weighted by atomic mass is 16.7. The summed E-state index contributed by atoms with van der Waals surface area (Å²) in [5, 5.41) is 15.6. The van der Waals surface area contributed by atoms with Crippen LogP contribution in [0.25, 0.3) is 0 Å². The molecular formula is C7H16O5. The number of ether oxygens (including phenoxy) is 2. The van der Waals surface area contributed by atoms with Crippen molar-refractivity contribution in [1.82, 2.24) is 0 Å². The van der Waals surface area contributed by atoms with E-state index in [1.54, 1.807) is 0 Å². The van der Waals surface area contributed by atoms with Gasteiger partial charge in [0, 0.05) is 13.5 Å². The number of carboxylic acid groups (broad SMARTS) is 1. The van der Waals surface area contributed by atoms with Crippen LogP contribution < -0.4 is 0 Å². The number of carboxylic acids is 1. The largest absolute Gasteiger partial charge is 0.481 e. The van der Waals surface area contributed by atoms with Crippen LogP contribution in [-0.2, 0) is 14.3 Å². The van der Waals surface area contributed by atoms with Gasteiger partial charge in [-0.15, -0.1) is 0 Å². The van der Waals surface area contributed by atoms with Gasteiger partial charge in [0.25, 0.3) is 5.97 Å². The Morgan fingerprint density at radius 1 is 1.42 bits per heavy atom. The van der Waals surface area contributed by atoms with E-state index in [-0.39, 0.29) is 13.4 Å². The normalized spacial score (nSPS) is 8.58. The Hall–Kier alpha value is -0.650. The number of aliphatic carboxylic acids is 1. The molecule has 0 aromatic carbocycles. The van der Waals surface area contributed by atoms with Gasteiger partial charge < -0.3 is 19.7 Å². The molecule has 0 bridgehead atoms. The van der Waals surface area contributed by atoms with Crippen LogP contribution in [0.15, 0.2) is 0 Å². The van der Waals surface area contributed by atoms with Gasteiger partial charge in [-0.2, -0.15) is 0 Å². The molecular weight excluding hydrogens is 164 g/mol. The summed E-state index contributed by atoms with van der Waals surface area (Å²) in [6.07, 6.45) is 0. The molecule has 0 radical (unpaired) electrons. The molecule has 5 heteroatoms. The topological polar surface area (TPSA) is 76.0 Å². The number of aliphatic hydroxyl groups is 1. The lowest BCUT2D eigenvalue weighted by molar-refractivity contribution is -0.134. The molecule has 2 N–H and O–H groups in total. The number of rotatable bonds is 5. The van der Waals surface area contributed by atoms with Gasteiger partial charge in [-0.3, -0.25) is 4.79 Å². The monoisotopic (exact) mass is 180 g/mol. The minimum Gasteiger partial charge on any atom is -0.481 e. The van der Waals surface area contributed by atoms with Crippen LogP contribution in [0, 0.1) is 0 Å². The van der Waals surface area contributed by atoms with Gasteiger partial charge in [0.15, 0.2) is 0 Å². The van der Waals surface area contributed by atoms with E-state index in [4.69, 9.17) is 24.5 Å². The molecule has 12 heavy (non-hydrogen) atoms. The van der Waals surface area contributed by atoms with Crippen LogP contribution in [0.1, 0.15) is 13.8 Å². The standard InChI is InChI=1S/C5H12O3.C2H4O2/c1-2-7-5-8-4-3-6;1-2(3)4/h6H,2-5H2,1H3;1H3,(H,3,4). The fourth-order valence-electron chi connectivity index (χ4n) is 0.266. The zero-order valence-corrected chi connectivity index (χ0v) is 7.45. The molecule has 0 aliphatic carbocycles. The Bertz CT molecular complexity index is 83.8. The van der Waals surface area contributed by atoms with E-state index < -0.39 is 5.97 Å². The van der Waals surface area contributed by atoms with E-state index in [1.807, 2.05) is 6.92 Å². The van der Waals surface area contributed by atoms with Gasteiger partial charge in [0.2, 0.25) is 0 Å². The predicted molar refractivity (Wildman–Crippen MR) is 42.8 cm³/mol.